The second kappa shape index (κ2) is 7.56. The highest BCUT2D eigenvalue weighted by Crippen LogP contribution is 2.19. The van der Waals surface area contributed by atoms with E-state index in [1.54, 1.807) is 0 Å². The minimum atomic E-state index is -0.397. The van der Waals surface area contributed by atoms with Crippen molar-refractivity contribution in [1.82, 2.24) is 6.15 Å². The Morgan fingerprint density at radius 3 is 1.58 bits per heavy atom. The summed E-state index contributed by atoms with van der Waals surface area (Å²) in [7, 11) is 0. The first-order valence-electron chi connectivity index (χ1n) is 4.84. The molecule has 0 aromatic carbocycles. The van der Waals surface area contributed by atoms with Crippen LogP contribution >= 0.6 is 0 Å². The van der Waals surface area contributed by atoms with E-state index in [-0.39, 0.29) is 6.15 Å². The molecule has 0 unspecified atom stereocenters. The first-order valence-corrected chi connectivity index (χ1v) is 4.84. The summed E-state index contributed by atoms with van der Waals surface area (Å²) in [6.45, 7) is 6.28. The summed E-state index contributed by atoms with van der Waals surface area (Å²) >= 11 is 0. The largest absolute Gasteiger partial charge is 0.390 e. The van der Waals surface area contributed by atoms with Crippen molar-refractivity contribution >= 4 is 0 Å². The fraction of sp³-hybridized carbons (Fsp3) is 1.00. The lowest BCUT2D eigenvalue weighted by molar-refractivity contribution is 0.0376. The molecule has 0 heterocycles. The van der Waals surface area contributed by atoms with Crippen LogP contribution < -0.4 is 6.15 Å². The van der Waals surface area contributed by atoms with Crippen LogP contribution in [-0.4, -0.2) is 10.7 Å². The summed E-state index contributed by atoms with van der Waals surface area (Å²) in [5.41, 5.74) is -0.397. The first-order chi connectivity index (χ1) is 5.12. The van der Waals surface area contributed by atoms with Crippen molar-refractivity contribution < 1.29 is 5.11 Å². The Hall–Kier alpha value is -0.0800. The van der Waals surface area contributed by atoms with Gasteiger partial charge in [0.2, 0.25) is 0 Å². The number of aliphatic hydroxyl groups is 1. The molecule has 76 valence electrons. The average molecular weight is 175 g/mol. The van der Waals surface area contributed by atoms with Crippen LogP contribution in [0.25, 0.3) is 0 Å². The Morgan fingerprint density at radius 1 is 1.00 bits per heavy atom. The number of rotatable bonds is 6. The molecular formula is C10H25NO. The maximum absolute atomic E-state index is 9.78. The highest BCUT2D eigenvalue weighted by Gasteiger charge is 2.17. The van der Waals surface area contributed by atoms with Gasteiger partial charge in [0.15, 0.2) is 0 Å². The summed E-state index contributed by atoms with van der Waals surface area (Å²) in [5.74, 6) is 0. The SMILES string of the molecule is CCCCC(C)(O)CCCC.N. The van der Waals surface area contributed by atoms with Gasteiger partial charge in [0, 0.05) is 0 Å². The van der Waals surface area contributed by atoms with Crippen LogP contribution in [0.15, 0.2) is 0 Å². The van der Waals surface area contributed by atoms with E-state index in [9.17, 15) is 5.11 Å². The fourth-order valence-electron chi connectivity index (χ4n) is 1.24. The highest BCUT2D eigenvalue weighted by atomic mass is 16.3. The monoisotopic (exact) mass is 175 g/mol. The van der Waals surface area contributed by atoms with Crippen LogP contribution in [0.1, 0.15) is 59.3 Å². The van der Waals surface area contributed by atoms with Crippen molar-refractivity contribution in [2.45, 2.75) is 64.9 Å². The van der Waals surface area contributed by atoms with Crippen LogP contribution in [0, 0.1) is 0 Å². The van der Waals surface area contributed by atoms with E-state index >= 15 is 0 Å². The zero-order chi connectivity index (χ0) is 8.74. The quantitative estimate of drug-likeness (QED) is 0.651. The predicted molar refractivity (Wildman–Crippen MR) is 54.7 cm³/mol. The highest BCUT2D eigenvalue weighted by molar-refractivity contribution is 4.71. The second-order valence-corrected chi connectivity index (χ2v) is 3.70. The third-order valence-electron chi connectivity index (χ3n) is 2.14. The number of hydrogen-bond acceptors (Lipinski definition) is 2. The molecule has 0 aliphatic heterocycles. The van der Waals surface area contributed by atoms with E-state index in [4.69, 9.17) is 0 Å². The van der Waals surface area contributed by atoms with E-state index in [1.807, 2.05) is 6.92 Å². The van der Waals surface area contributed by atoms with E-state index < -0.39 is 5.60 Å². The molecule has 0 rings (SSSR count). The Kier molecular flexibility index (Phi) is 9.10. The molecule has 0 bridgehead atoms. The number of unbranched alkanes of at least 4 members (excludes halogenated alkanes) is 2. The summed E-state index contributed by atoms with van der Waals surface area (Å²) in [6, 6.07) is 0. The van der Waals surface area contributed by atoms with Gasteiger partial charge in [-0.1, -0.05) is 39.5 Å². The van der Waals surface area contributed by atoms with Gasteiger partial charge in [0.25, 0.3) is 0 Å². The van der Waals surface area contributed by atoms with Gasteiger partial charge < -0.3 is 11.3 Å². The van der Waals surface area contributed by atoms with E-state index in [0.29, 0.717) is 0 Å². The molecule has 0 atom stereocenters. The predicted octanol–water partition coefficient (Wildman–Crippen LogP) is 3.28. The summed E-state index contributed by atoms with van der Waals surface area (Å²) in [5, 5.41) is 9.78. The standard InChI is InChI=1S/C10H22O.H3N/c1-4-6-8-10(3,11)9-7-5-2;/h11H,4-9H2,1-3H3;1H3. The summed E-state index contributed by atoms with van der Waals surface area (Å²) < 4.78 is 0. The molecule has 0 saturated heterocycles. The van der Waals surface area contributed by atoms with Gasteiger partial charge in [-0.15, -0.1) is 0 Å². The molecule has 0 aliphatic rings. The van der Waals surface area contributed by atoms with Crippen molar-refractivity contribution in [2.75, 3.05) is 0 Å². The van der Waals surface area contributed by atoms with Crippen molar-refractivity contribution in [2.24, 2.45) is 0 Å². The number of hydrogen-bond donors (Lipinski definition) is 2. The van der Waals surface area contributed by atoms with Gasteiger partial charge in [-0.25, -0.2) is 0 Å². The molecule has 2 heteroatoms. The lowest BCUT2D eigenvalue weighted by atomic mass is 9.93. The molecule has 0 spiro atoms. The third kappa shape index (κ3) is 8.02. The van der Waals surface area contributed by atoms with Crippen LogP contribution in [0.2, 0.25) is 0 Å². The molecule has 0 radical (unpaired) electrons. The van der Waals surface area contributed by atoms with E-state index in [1.165, 1.54) is 12.8 Å². The third-order valence-corrected chi connectivity index (χ3v) is 2.14. The first kappa shape index (κ1) is 14.4. The normalized spacial score (nSPS) is 11.0. The minimum absolute atomic E-state index is 0. The minimum Gasteiger partial charge on any atom is -0.390 e. The van der Waals surface area contributed by atoms with Crippen molar-refractivity contribution in [3.05, 3.63) is 0 Å². The van der Waals surface area contributed by atoms with Gasteiger partial charge >= 0.3 is 0 Å². The van der Waals surface area contributed by atoms with Gasteiger partial charge in [0.05, 0.1) is 5.60 Å². The topological polar surface area (TPSA) is 55.2 Å². The van der Waals surface area contributed by atoms with Gasteiger partial charge in [-0.05, 0) is 19.8 Å². The van der Waals surface area contributed by atoms with Crippen molar-refractivity contribution in [3.8, 4) is 0 Å². The van der Waals surface area contributed by atoms with Crippen LogP contribution in [0.3, 0.4) is 0 Å². The smallest absolute Gasteiger partial charge is 0.0619 e. The molecule has 4 N–H and O–H groups in total. The molecule has 0 aromatic heterocycles. The van der Waals surface area contributed by atoms with Crippen molar-refractivity contribution in [3.63, 3.8) is 0 Å². The molecule has 2 nitrogen and oxygen atoms in total. The molecule has 0 aliphatic carbocycles. The molecule has 0 aromatic rings. The molecule has 12 heavy (non-hydrogen) atoms. The van der Waals surface area contributed by atoms with Crippen LogP contribution in [-0.2, 0) is 0 Å². The average Bonchev–Trinajstić information content (AvgIpc) is 1.97. The Balaban J connectivity index is 0. The molecule has 0 saturated carbocycles. The molecular weight excluding hydrogens is 150 g/mol. The lowest BCUT2D eigenvalue weighted by Gasteiger charge is -2.22. The van der Waals surface area contributed by atoms with E-state index in [2.05, 4.69) is 13.8 Å². The van der Waals surface area contributed by atoms with Gasteiger partial charge in [0.1, 0.15) is 0 Å². The van der Waals surface area contributed by atoms with Gasteiger partial charge in [-0.3, -0.25) is 0 Å². The Morgan fingerprint density at radius 2 is 1.33 bits per heavy atom. The molecule has 0 fully saturated rings. The summed E-state index contributed by atoms with van der Waals surface area (Å²) in [6.07, 6.45) is 6.59. The van der Waals surface area contributed by atoms with Crippen LogP contribution in [0.5, 0.6) is 0 Å². The second-order valence-electron chi connectivity index (χ2n) is 3.70. The maximum atomic E-state index is 9.78. The Labute approximate surface area is 77.0 Å². The summed E-state index contributed by atoms with van der Waals surface area (Å²) in [4.78, 5) is 0. The zero-order valence-electron chi connectivity index (χ0n) is 8.90. The zero-order valence-corrected chi connectivity index (χ0v) is 8.90. The maximum Gasteiger partial charge on any atom is 0.0619 e. The van der Waals surface area contributed by atoms with Crippen molar-refractivity contribution in [1.29, 1.82) is 0 Å². The molecule has 0 amide bonds. The fourth-order valence-corrected chi connectivity index (χ4v) is 1.24. The lowest BCUT2D eigenvalue weighted by Crippen LogP contribution is -2.23. The van der Waals surface area contributed by atoms with E-state index in [0.717, 1.165) is 25.7 Å². The Bertz CT molecular complexity index is 81.8. The van der Waals surface area contributed by atoms with Crippen LogP contribution in [0.4, 0.5) is 0 Å². The van der Waals surface area contributed by atoms with Gasteiger partial charge in [-0.2, -0.15) is 0 Å².